The monoisotopic (exact) mass is 1440 g/mol. The van der Waals surface area contributed by atoms with Gasteiger partial charge in [-0.2, -0.15) is 0 Å². The molecule has 0 bridgehead atoms. The molecule has 0 aromatic heterocycles. The zero-order chi connectivity index (χ0) is 75.6. The number of nitrogens with zero attached hydrogens (tertiary/aromatic N) is 2. The largest absolute Gasteiger partial charge is 0.310 e. The van der Waals surface area contributed by atoms with Crippen LogP contribution in [0.15, 0.2) is 449 Å². The molecule has 19 rings (SSSR count). The van der Waals surface area contributed by atoms with Gasteiger partial charge >= 0.3 is 0 Å². The van der Waals surface area contributed by atoms with E-state index in [0.717, 1.165) is 101 Å². The molecule has 0 unspecified atom stereocenters. The summed E-state index contributed by atoms with van der Waals surface area (Å²) in [6.45, 7) is 4.81. The highest BCUT2D eigenvalue weighted by molar-refractivity contribution is 6.17. The molecule has 0 aliphatic heterocycles. The fourth-order valence-corrected chi connectivity index (χ4v) is 17.6. The molecule has 0 heterocycles. The van der Waals surface area contributed by atoms with Crippen LogP contribution >= 0.6 is 0 Å². The van der Waals surface area contributed by atoms with Crippen molar-refractivity contribution in [2.75, 3.05) is 9.80 Å². The molecule has 18 aromatic rings. The van der Waals surface area contributed by atoms with Crippen molar-refractivity contribution in [1.82, 2.24) is 0 Å². The number of benzene rings is 18. The van der Waals surface area contributed by atoms with Crippen LogP contribution in [0.2, 0.25) is 0 Å². The highest BCUT2D eigenvalue weighted by atomic mass is 15.1. The lowest BCUT2D eigenvalue weighted by Gasteiger charge is -2.30. The summed E-state index contributed by atoms with van der Waals surface area (Å²) in [7, 11) is 0. The van der Waals surface area contributed by atoms with Gasteiger partial charge < -0.3 is 9.80 Å². The van der Waals surface area contributed by atoms with E-state index < -0.39 is 5.41 Å². The second-order valence-electron chi connectivity index (χ2n) is 29.7. The molecule has 0 saturated carbocycles. The van der Waals surface area contributed by atoms with E-state index in [4.69, 9.17) is 0 Å². The molecule has 0 N–H and O–H groups in total. The van der Waals surface area contributed by atoms with Gasteiger partial charge in [-0.3, -0.25) is 0 Å². The zero-order valence-corrected chi connectivity index (χ0v) is 63.1. The van der Waals surface area contributed by atoms with E-state index in [1.807, 2.05) is 0 Å². The van der Waals surface area contributed by atoms with Gasteiger partial charge in [0, 0.05) is 39.5 Å². The van der Waals surface area contributed by atoms with Crippen molar-refractivity contribution in [3.63, 3.8) is 0 Å². The van der Waals surface area contributed by atoms with Gasteiger partial charge in [0.1, 0.15) is 0 Å². The van der Waals surface area contributed by atoms with Gasteiger partial charge in [0.05, 0.1) is 0 Å². The maximum absolute atomic E-state index is 2.46. The number of fused-ring (bicyclic) bond motifs is 3. The van der Waals surface area contributed by atoms with Crippen molar-refractivity contribution in [1.29, 1.82) is 0 Å². The molecule has 2 nitrogen and oxygen atoms in total. The SMILES string of the molecule is CC1(C)c2cc(N(c3ccccc3)c3ccc(-c4c(-c5ccccc5)c(-c5ccccc5)c(-c5ccccc5)c(-c5ccccc5)c4-c4ccccc4)cc3)ccc2-c2ccc(N(c3ccccc3)c3ccc(-c4c(-c5ccccc5)c(-c5ccccc5)c(-c5ccccc5)c(-c5ccccc5)c4-c4ccccc4)cc3)cc21. The summed E-state index contributed by atoms with van der Waals surface area (Å²) in [6.07, 6.45) is 0. The molecule has 0 fully saturated rings. The summed E-state index contributed by atoms with van der Waals surface area (Å²) >= 11 is 0. The Morgan fingerprint density at radius 1 is 0.142 bits per heavy atom. The van der Waals surface area contributed by atoms with Gasteiger partial charge in [0.2, 0.25) is 0 Å². The van der Waals surface area contributed by atoms with Crippen LogP contribution in [0.3, 0.4) is 0 Å². The topological polar surface area (TPSA) is 6.48 Å². The first-order valence-electron chi connectivity index (χ1n) is 39.1. The van der Waals surface area contributed by atoms with Crippen LogP contribution in [0.1, 0.15) is 25.0 Å². The summed E-state index contributed by atoms with van der Waals surface area (Å²) in [5.41, 5.74) is 39.1. The Hall–Kier alpha value is -14.4. The van der Waals surface area contributed by atoms with Crippen LogP contribution in [0, 0.1) is 0 Å². The van der Waals surface area contributed by atoms with Crippen LogP contribution < -0.4 is 9.80 Å². The van der Waals surface area contributed by atoms with E-state index >= 15 is 0 Å². The first kappa shape index (κ1) is 69.0. The third-order valence-electron chi connectivity index (χ3n) is 22.6. The van der Waals surface area contributed by atoms with E-state index in [2.05, 4.69) is 473 Å². The molecule has 113 heavy (non-hydrogen) atoms. The molecule has 2 heteroatoms. The van der Waals surface area contributed by atoms with Crippen molar-refractivity contribution in [2.24, 2.45) is 0 Å². The van der Waals surface area contributed by atoms with E-state index in [1.54, 1.807) is 0 Å². The van der Waals surface area contributed by atoms with Crippen LogP contribution in [-0.2, 0) is 5.41 Å². The minimum Gasteiger partial charge on any atom is -0.310 e. The lowest BCUT2D eigenvalue weighted by atomic mass is 9.74. The Bertz CT molecular complexity index is 5780. The Labute approximate surface area is 663 Å². The van der Waals surface area contributed by atoms with Crippen LogP contribution in [-0.4, -0.2) is 0 Å². The summed E-state index contributed by atoms with van der Waals surface area (Å²) < 4.78 is 0. The molecular formula is C111H80N2. The summed E-state index contributed by atoms with van der Waals surface area (Å²) in [4.78, 5) is 4.87. The van der Waals surface area contributed by atoms with Crippen molar-refractivity contribution in [2.45, 2.75) is 19.3 Å². The average molecular weight is 1440 g/mol. The molecule has 1 aliphatic rings. The van der Waals surface area contributed by atoms with Gasteiger partial charge in [-0.15, -0.1) is 0 Å². The summed E-state index contributed by atoms with van der Waals surface area (Å²) in [5.74, 6) is 0. The van der Waals surface area contributed by atoms with Crippen molar-refractivity contribution >= 4 is 34.1 Å². The fraction of sp³-hybridized carbons (Fsp3) is 0.0270. The Kier molecular flexibility index (Phi) is 18.5. The molecule has 0 amide bonds. The molecule has 534 valence electrons. The molecule has 18 aromatic carbocycles. The Morgan fingerprint density at radius 2 is 0.283 bits per heavy atom. The second-order valence-corrected chi connectivity index (χ2v) is 29.7. The number of hydrogen-bond acceptors (Lipinski definition) is 2. The minimum atomic E-state index is -0.393. The average Bonchev–Trinajstić information content (AvgIpc) is 1.25. The van der Waals surface area contributed by atoms with Crippen LogP contribution in [0.4, 0.5) is 34.1 Å². The van der Waals surface area contributed by atoms with E-state index in [1.165, 1.54) is 89.0 Å². The Balaban J connectivity index is 0.743. The number of rotatable bonds is 18. The lowest BCUT2D eigenvalue weighted by molar-refractivity contribution is 0.660. The van der Waals surface area contributed by atoms with Gasteiger partial charge in [-0.1, -0.05) is 390 Å². The molecule has 0 saturated heterocycles. The number of para-hydroxylation sites is 2. The standard InChI is InChI=1S/C111H80N2/c1-111(2)97-75-93(112(89-59-35-13-36-60-89)91-67-63-87(64-68-91)109-105(83-51-27-9-28-52-83)101(79-43-19-5-20-44-79)99(77-39-15-3-16-40-77)102(80-45-21-6-22-46-80)106(109)84-53-29-10-30-54-84)71-73-95(97)96-74-72-94(76-98(96)111)113(90-61-37-14-38-62-90)92-69-65-88(66-70-92)110-107(85-55-31-11-32-56-85)103(81-47-23-7-24-48-81)100(78-41-17-4-18-42-78)104(82-49-25-8-26-50-82)108(110)86-57-33-12-34-58-86/h3-76H,1-2H3. The predicted octanol–water partition coefficient (Wildman–Crippen LogP) is 30.9. The maximum atomic E-state index is 2.46. The van der Waals surface area contributed by atoms with Gasteiger partial charge in [0.15, 0.2) is 0 Å². The molecule has 1 aliphatic carbocycles. The molecule has 0 atom stereocenters. The van der Waals surface area contributed by atoms with Crippen LogP contribution in [0.25, 0.3) is 145 Å². The minimum absolute atomic E-state index is 0.393. The number of hydrogen-bond donors (Lipinski definition) is 0. The first-order valence-corrected chi connectivity index (χ1v) is 39.1. The normalized spacial score (nSPS) is 11.9. The van der Waals surface area contributed by atoms with Gasteiger partial charge in [-0.25, -0.2) is 0 Å². The van der Waals surface area contributed by atoms with E-state index in [-0.39, 0.29) is 0 Å². The lowest BCUT2D eigenvalue weighted by Crippen LogP contribution is -2.17. The quantitative estimate of drug-likeness (QED) is 0.0845. The van der Waals surface area contributed by atoms with E-state index in [0.29, 0.717) is 0 Å². The third kappa shape index (κ3) is 12.8. The smallest absolute Gasteiger partial charge is 0.0465 e. The van der Waals surface area contributed by atoms with Gasteiger partial charge in [0.25, 0.3) is 0 Å². The second kappa shape index (κ2) is 30.2. The van der Waals surface area contributed by atoms with Crippen molar-refractivity contribution < 1.29 is 0 Å². The predicted molar refractivity (Wildman–Crippen MR) is 479 cm³/mol. The Morgan fingerprint density at radius 3 is 0.460 bits per heavy atom. The van der Waals surface area contributed by atoms with Crippen molar-refractivity contribution in [3.8, 4) is 145 Å². The van der Waals surface area contributed by atoms with Crippen molar-refractivity contribution in [3.05, 3.63) is 460 Å². The van der Waals surface area contributed by atoms with E-state index in [9.17, 15) is 0 Å². The zero-order valence-electron chi connectivity index (χ0n) is 63.1. The highest BCUT2D eigenvalue weighted by Crippen LogP contribution is 2.60. The third-order valence-corrected chi connectivity index (χ3v) is 22.6. The maximum Gasteiger partial charge on any atom is 0.0465 e. The molecule has 0 radical (unpaired) electrons. The highest BCUT2D eigenvalue weighted by Gasteiger charge is 2.38. The summed E-state index contributed by atoms with van der Waals surface area (Å²) in [6, 6.07) is 165. The number of anilines is 6. The fourth-order valence-electron chi connectivity index (χ4n) is 17.6. The van der Waals surface area contributed by atoms with Crippen LogP contribution in [0.5, 0.6) is 0 Å². The molecular weight excluding hydrogens is 1360 g/mol. The molecule has 0 spiro atoms. The first-order chi connectivity index (χ1) is 55.9. The van der Waals surface area contributed by atoms with Gasteiger partial charge in [-0.05, 0) is 229 Å². The summed E-state index contributed by atoms with van der Waals surface area (Å²) in [5, 5.41) is 0.